The van der Waals surface area contributed by atoms with Crippen molar-refractivity contribution in [2.24, 2.45) is 0 Å². The quantitative estimate of drug-likeness (QED) is 0.711. The van der Waals surface area contributed by atoms with Gasteiger partial charge in [0.2, 0.25) is 0 Å². The molecular formula is C10H8N2O2. The Kier molecular flexibility index (Phi) is 1.81. The second kappa shape index (κ2) is 2.99. The number of hydrogen-bond acceptors (Lipinski definition) is 3. The van der Waals surface area contributed by atoms with Crippen molar-refractivity contribution >= 4 is 22.7 Å². The normalized spacial score (nSPS) is 10.3. The average molecular weight is 188 g/mol. The van der Waals surface area contributed by atoms with Gasteiger partial charge in [0.05, 0.1) is 11.1 Å². The van der Waals surface area contributed by atoms with Gasteiger partial charge in [0.1, 0.15) is 5.82 Å². The highest BCUT2D eigenvalue weighted by atomic mass is 16.4. The number of nitrogens with zero attached hydrogens (tertiary/aromatic N) is 1. The van der Waals surface area contributed by atoms with Crippen LogP contribution >= 0.6 is 0 Å². The van der Waals surface area contributed by atoms with E-state index in [1.807, 2.05) is 0 Å². The molecule has 70 valence electrons. The van der Waals surface area contributed by atoms with E-state index in [-0.39, 0.29) is 5.56 Å². The molecule has 1 heterocycles. The fourth-order valence-electron chi connectivity index (χ4n) is 1.33. The Morgan fingerprint density at radius 1 is 1.29 bits per heavy atom. The Labute approximate surface area is 80.0 Å². The second-order valence-electron chi connectivity index (χ2n) is 2.92. The minimum absolute atomic E-state index is 0.176. The highest BCUT2D eigenvalue weighted by molar-refractivity contribution is 6.01. The van der Waals surface area contributed by atoms with Crippen LogP contribution in [0.2, 0.25) is 0 Å². The summed E-state index contributed by atoms with van der Waals surface area (Å²) in [4.78, 5) is 14.8. The molecule has 2 aromatic rings. The van der Waals surface area contributed by atoms with Gasteiger partial charge in [0.25, 0.3) is 0 Å². The van der Waals surface area contributed by atoms with Crippen LogP contribution in [0.5, 0.6) is 0 Å². The minimum Gasteiger partial charge on any atom is -0.478 e. The number of fused-ring (bicyclic) bond motifs is 1. The second-order valence-corrected chi connectivity index (χ2v) is 2.92. The number of aromatic nitrogens is 1. The van der Waals surface area contributed by atoms with Gasteiger partial charge in [0, 0.05) is 5.39 Å². The highest BCUT2D eigenvalue weighted by Gasteiger charge is 2.08. The molecule has 0 saturated heterocycles. The van der Waals surface area contributed by atoms with Crippen molar-refractivity contribution in [3.05, 3.63) is 35.9 Å². The number of aromatic carboxylic acids is 1. The number of rotatable bonds is 1. The molecule has 0 atom stereocenters. The van der Waals surface area contributed by atoms with Crippen molar-refractivity contribution < 1.29 is 9.90 Å². The van der Waals surface area contributed by atoms with Gasteiger partial charge in [-0.2, -0.15) is 0 Å². The Morgan fingerprint density at radius 3 is 2.79 bits per heavy atom. The van der Waals surface area contributed by atoms with Gasteiger partial charge < -0.3 is 10.8 Å². The lowest BCUT2D eigenvalue weighted by atomic mass is 10.1. The number of para-hydroxylation sites is 1. The molecule has 14 heavy (non-hydrogen) atoms. The summed E-state index contributed by atoms with van der Waals surface area (Å²) in [6.07, 6.45) is 0. The maximum absolute atomic E-state index is 10.8. The van der Waals surface area contributed by atoms with E-state index in [0.717, 1.165) is 5.39 Å². The van der Waals surface area contributed by atoms with Gasteiger partial charge in [0.15, 0.2) is 0 Å². The summed E-state index contributed by atoms with van der Waals surface area (Å²) in [6.45, 7) is 0. The number of carboxylic acid groups (broad SMARTS) is 1. The number of nitrogen functional groups attached to an aromatic ring is 1. The smallest absolute Gasteiger partial charge is 0.337 e. The maximum Gasteiger partial charge on any atom is 0.337 e. The lowest BCUT2D eigenvalue weighted by molar-refractivity contribution is 0.0699. The Hall–Kier alpha value is -2.10. The maximum atomic E-state index is 10.8. The summed E-state index contributed by atoms with van der Waals surface area (Å²) in [7, 11) is 0. The van der Waals surface area contributed by atoms with Crippen LogP contribution in [0.25, 0.3) is 10.9 Å². The Bertz CT molecular complexity index is 508. The van der Waals surface area contributed by atoms with Crippen LogP contribution in [0.1, 0.15) is 10.4 Å². The summed E-state index contributed by atoms with van der Waals surface area (Å²) in [6, 6.07) is 8.40. The number of benzene rings is 1. The first-order valence-electron chi connectivity index (χ1n) is 4.07. The zero-order chi connectivity index (χ0) is 10.1. The van der Waals surface area contributed by atoms with E-state index in [0.29, 0.717) is 11.3 Å². The molecule has 0 radical (unpaired) electrons. The lowest BCUT2D eigenvalue weighted by Crippen LogP contribution is -2.00. The summed E-state index contributed by atoms with van der Waals surface area (Å²) in [5.74, 6) is -0.667. The molecule has 3 N–H and O–H groups in total. The van der Waals surface area contributed by atoms with Crippen LogP contribution in [-0.2, 0) is 0 Å². The molecule has 0 amide bonds. The van der Waals surface area contributed by atoms with Crippen molar-refractivity contribution in [3.8, 4) is 0 Å². The molecule has 4 heteroatoms. The molecule has 4 nitrogen and oxygen atoms in total. The molecule has 0 spiro atoms. The van der Waals surface area contributed by atoms with Crippen molar-refractivity contribution in [2.45, 2.75) is 0 Å². The zero-order valence-corrected chi connectivity index (χ0v) is 7.27. The number of pyridine rings is 1. The SMILES string of the molecule is Nc1ccc2cccc(C(=O)O)c2n1. The molecule has 1 aromatic heterocycles. The lowest BCUT2D eigenvalue weighted by Gasteiger charge is -2.01. The molecule has 1 aromatic carbocycles. The van der Waals surface area contributed by atoms with E-state index in [9.17, 15) is 4.79 Å². The third-order valence-corrected chi connectivity index (χ3v) is 1.97. The molecule has 0 bridgehead atoms. The predicted molar refractivity (Wildman–Crippen MR) is 53.1 cm³/mol. The first-order valence-corrected chi connectivity index (χ1v) is 4.07. The van der Waals surface area contributed by atoms with E-state index in [2.05, 4.69) is 4.98 Å². The van der Waals surface area contributed by atoms with E-state index < -0.39 is 5.97 Å². The van der Waals surface area contributed by atoms with Crippen LogP contribution in [0.4, 0.5) is 5.82 Å². The molecule has 0 aliphatic rings. The van der Waals surface area contributed by atoms with Crippen molar-refractivity contribution in [3.63, 3.8) is 0 Å². The predicted octanol–water partition coefficient (Wildman–Crippen LogP) is 1.52. The largest absolute Gasteiger partial charge is 0.478 e. The van der Waals surface area contributed by atoms with Gasteiger partial charge in [-0.05, 0) is 18.2 Å². The summed E-state index contributed by atoms with van der Waals surface area (Å²) in [5.41, 5.74) is 6.10. The first kappa shape index (κ1) is 8.50. The van der Waals surface area contributed by atoms with Crippen molar-refractivity contribution in [2.75, 3.05) is 5.73 Å². The van der Waals surface area contributed by atoms with Crippen molar-refractivity contribution in [1.82, 2.24) is 4.98 Å². The monoisotopic (exact) mass is 188 g/mol. The van der Waals surface area contributed by atoms with Crippen molar-refractivity contribution in [1.29, 1.82) is 0 Å². The standard InChI is InChI=1S/C10H8N2O2/c11-8-5-4-6-2-1-3-7(10(13)14)9(6)12-8/h1-5H,(H2,11,12)(H,13,14). The van der Waals surface area contributed by atoms with Gasteiger partial charge in [-0.1, -0.05) is 12.1 Å². The fourth-order valence-corrected chi connectivity index (χ4v) is 1.33. The first-order chi connectivity index (χ1) is 6.68. The number of hydrogen-bond donors (Lipinski definition) is 2. The third kappa shape index (κ3) is 1.26. The number of carbonyl (C=O) groups is 1. The Morgan fingerprint density at radius 2 is 2.07 bits per heavy atom. The summed E-state index contributed by atoms with van der Waals surface area (Å²) in [5, 5.41) is 9.67. The Balaban J connectivity index is 2.84. The van der Waals surface area contributed by atoms with E-state index in [1.54, 1.807) is 24.3 Å². The van der Waals surface area contributed by atoms with Gasteiger partial charge in [-0.25, -0.2) is 9.78 Å². The average Bonchev–Trinajstić information content (AvgIpc) is 2.16. The molecule has 0 fully saturated rings. The topological polar surface area (TPSA) is 76.2 Å². The minimum atomic E-state index is -0.992. The van der Waals surface area contributed by atoms with Crippen LogP contribution in [0, 0.1) is 0 Å². The van der Waals surface area contributed by atoms with E-state index in [1.165, 1.54) is 6.07 Å². The zero-order valence-electron chi connectivity index (χ0n) is 7.27. The van der Waals surface area contributed by atoms with Gasteiger partial charge >= 0.3 is 5.97 Å². The van der Waals surface area contributed by atoms with Crippen LogP contribution < -0.4 is 5.73 Å². The summed E-state index contributed by atoms with van der Waals surface area (Å²) >= 11 is 0. The van der Waals surface area contributed by atoms with Gasteiger partial charge in [-0.3, -0.25) is 0 Å². The molecule has 0 unspecified atom stereocenters. The third-order valence-electron chi connectivity index (χ3n) is 1.97. The van der Waals surface area contributed by atoms with E-state index in [4.69, 9.17) is 10.8 Å². The molecule has 0 aliphatic heterocycles. The highest BCUT2D eigenvalue weighted by Crippen LogP contribution is 2.17. The number of carboxylic acids is 1. The molecule has 2 rings (SSSR count). The van der Waals surface area contributed by atoms with E-state index >= 15 is 0 Å². The molecular weight excluding hydrogens is 180 g/mol. The number of nitrogens with two attached hydrogens (primary N) is 1. The van der Waals surface area contributed by atoms with Crippen LogP contribution in [0.15, 0.2) is 30.3 Å². The number of anilines is 1. The summed E-state index contributed by atoms with van der Waals surface area (Å²) < 4.78 is 0. The fraction of sp³-hybridized carbons (Fsp3) is 0. The van der Waals surface area contributed by atoms with Crippen LogP contribution in [-0.4, -0.2) is 16.1 Å². The van der Waals surface area contributed by atoms with Crippen LogP contribution in [0.3, 0.4) is 0 Å². The molecule has 0 aliphatic carbocycles. The molecule has 0 saturated carbocycles. The van der Waals surface area contributed by atoms with Gasteiger partial charge in [-0.15, -0.1) is 0 Å².